The number of nitrogens with zero attached hydrogens (tertiary/aromatic N) is 4. The van der Waals surface area contributed by atoms with Crippen molar-refractivity contribution < 1.29 is 63.5 Å². The third-order valence-electron chi connectivity index (χ3n) is 14.3. The van der Waals surface area contributed by atoms with Gasteiger partial charge < -0.3 is 69.5 Å². The molecular formula is C46H82N6O13. The number of nitrogens with one attached hydrogen (secondary N) is 2. The molecule has 1 aromatic heterocycles. The number of aliphatic hydroxyl groups is 5. The summed E-state index contributed by atoms with van der Waals surface area (Å²) in [6.45, 7) is 20.3. The van der Waals surface area contributed by atoms with Gasteiger partial charge in [-0.15, -0.1) is 0 Å². The Balaban J connectivity index is 1.80. The second kappa shape index (κ2) is 22.6. The molecular weight excluding hydrogens is 845 g/mol. The van der Waals surface area contributed by atoms with Gasteiger partial charge >= 0.3 is 12.0 Å². The van der Waals surface area contributed by atoms with E-state index in [1.54, 1.807) is 68.5 Å². The molecule has 0 unspecified atom stereocenters. The van der Waals surface area contributed by atoms with E-state index in [4.69, 9.17) is 28.4 Å². The zero-order valence-electron chi connectivity index (χ0n) is 41.3. The molecule has 19 heteroatoms. The van der Waals surface area contributed by atoms with Crippen LogP contribution in [0.15, 0.2) is 18.5 Å². The van der Waals surface area contributed by atoms with Gasteiger partial charge in [0.2, 0.25) is 5.95 Å². The lowest BCUT2D eigenvalue weighted by Crippen LogP contribution is -2.70. The molecule has 0 saturated carbocycles. The van der Waals surface area contributed by atoms with E-state index in [1.807, 2.05) is 13.8 Å². The van der Waals surface area contributed by atoms with Gasteiger partial charge in [0, 0.05) is 58.5 Å². The highest BCUT2D eigenvalue weighted by atomic mass is 16.7. The standard InChI is InChI=1S/C46H82N6O13/c1-15-18-47-25-46(59)31(8)62-34(23-44(46,10)60-14)64-36-28(5)38(65-40-35(53)32(21-27(4)61-40)51(12)42(56)52(13)41-48-19-17-20-49-41)43(9,57)22-26(3)24-50-30(7)37(54)45(11,58)33(16-2)63-39(55)29(36)6/h17,19-20,26-38,40,47,50,53-54,57-59H,15-16,18,21-25H2,1-14H3/t26-,27-,28+,29-,30-,31+,32+,33-,34+,35-,36+,37-,38-,40+,43-,44-,45-,46+/m1/s1. The molecule has 1 aromatic rings. The van der Waals surface area contributed by atoms with Crippen molar-refractivity contribution in [2.45, 2.75) is 198 Å². The maximum Gasteiger partial charge on any atom is 0.326 e. The van der Waals surface area contributed by atoms with Gasteiger partial charge in [-0.05, 0) is 99.2 Å². The van der Waals surface area contributed by atoms with Gasteiger partial charge in [0.1, 0.15) is 35.1 Å². The molecule has 65 heavy (non-hydrogen) atoms. The van der Waals surface area contributed by atoms with Crippen LogP contribution in [0, 0.1) is 17.8 Å². The van der Waals surface area contributed by atoms with Crippen molar-refractivity contribution in [3.63, 3.8) is 0 Å². The van der Waals surface area contributed by atoms with Crippen LogP contribution in [0.5, 0.6) is 0 Å². The van der Waals surface area contributed by atoms with E-state index < -0.39 is 114 Å². The molecule has 3 aliphatic rings. The fourth-order valence-corrected chi connectivity index (χ4v) is 10.0. The Morgan fingerprint density at radius 3 is 2.23 bits per heavy atom. The van der Waals surface area contributed by atoms with E-state index in [2.05, 4.69) is 20.6 Å². The summed E-state index contributed by atoms with van der Waals surface area (Å²) in [6, 6.07) is -0.302. The highest BCUT2D eigenvalue weighted by Gasteiger charge is 2.58. The predicted octanol–water partition coefficient (Wildman–Crippen LogP) is 2.34. The minimum atomic E-state index is -1.86. The summed E-state index contributed by atoms with van der Waals surface area (Å²) in [5.74, 6) is -2.84. The number of aliphatic hydroxyl groups excluding tert-OH is 2. The molecule has 0 spiro atoms. The number of urea groups is 1. The third-order valence-corrected chi connectivity index (χ3v) is 14.3. The Hall–Kier alpha value is -2.66. The van der Waals surface area contributed by atoms with Gasteiger partial charge in [-0.3, -0.25) is 9.69 Å². The number of carbonyl (C=O) groups excluding carboxylic acids is 2. The van der Waals surface area contributed by atoms with E-state index in [0.29, 0.717) is 13.1 Å². The van der Waals surface area contributed by atoms with E-state index >= 15 is 0 Å². The molecule has 2 amide bonds. The molecule has 3 saturated heterocycles. The number of ether oxygens (including phenoxy) is 6. The van der Waals surface area contributed by atoms with Crippen LogP contribution >= 0.6 is 0 Å². The number of hydrogen-bond donors (Lipinski definition) is 7. The summed E-state index contributed by atoms with van der Waals surface area (Å²) in [5, 5.41) is 66.8. The Kier molecular flexibility index (Phi) is 19.1. The van der Waals surface area contributed by atoms with Gasteiger partial charge in [-0.1, -0.05) is 27.7 Å². The summed E-state index contributed by atoms with van der Waals surface area (Å²) in [6.07, 6.45) is -5.56. The highest BCUT2D eigenvalue weighted by Crippen LogP contribution is 2.43. The van der Waals surface area contributed by atoms with E-state index in [9.17, 15) is 35.1 Å². The van der Waals surface area contributed by atoms with Crippen LogP contribution in [-0.4, -0.2) is 183 Å². The minimum absolute atomic E-state index is 0.0383. The maximum absolute atomic E-state index is 14.5. The SMILES string of the molecule is CCCNC[C@]1(O)[C@H](C)O[C@@H](O[C@H]2[C@H](C)[C@@H](O[C@@H]3O[C@H](C)C[C@H](N(C)C(=O)N(C)c4ncccn4)[C@H]3O)[C@](C)(O)C[C@@H](C)CN[C@H](C)[C@@H](O)[C@](C)(O)[C@@H](CC)OC(=O)[C@@H]2C)C[C@@]1(C)OC. The van der Waals surface area contributed by atoms with Gasteiger partial charge in [0.15, 0.2) is 12.6 Å². The second-order valence-electron chi connectivity index (χ2n) is 19.7. The molecule has 4 heterocycles. The van der Waals surface area contributed by atoms with E-state index in [-0.39, 0.29) is 44.1 Å². The van der Waals surface area contributed by atoms with Crippen molar-refractivity contribution in [3.05, 3.63) is 18.5 Å². The average Bonchev–Trinajstić information content (AvgIpc) is 3.26. The van der Waals surface area contributed by atoms with Crippen molar-refractivity contribution in [3.8, 4) is 0 Å². The number of aromatic nitrogens is 2. The first kappa shape index (κ1) is 54.9. The number of rotatable bonds is 12. The van der Waals surface area contributed by atoms with Gasteiger partial charge in [-0.2, -0.15) is 0 Å². The maximum atomic E-state index is 14.5. The Bertz CT molecular complexity index is 1670. The summed E-state index contributed by atoms with van der Waals surface area (Å²) in [5.41, 5.74) is -6.24. The van der Waals surface area contributed by atoms with Crippen LogP contribution in [0.25, 0.3) is 0 Å². The van der Waals surface area contributed by atoms with Crippen LogP contribution in [0.1, 0.15) is 108 Å². The summed E-state index contributed by atoms with van der Waals surface area (Å²) < 4.78 is 38.6. The normalized spacial score (nSPS) is 42.6. The quantitative estimate of drug-likeness (QED) is 0.117. The Labute approximate surface area is 386 Å². The number of likely N-dealkylation sites (N-methyl/N-ethyl adjacent to an activating group) is 1. The largest absolute Gasteiger partial charge is 0.459 e. The smallest absolute Gasteiger partial charge is 0.326 e. The molecule has 4 rings (SSSR count). The second-order valence-corrected chi connectivity index (χ2v) is 19.7. The molecule has 3 fully saturated rings. The molecule has 0 radical (unpaired) electrons. The zero-order chi connectivity index (χ0) is 48.8. The number of amides is 2. The Morgan fingerprint density at radius 2 is 1.63 bits per heavy atom. The summed E-state index contributed by atoms with van der Waals surface area (Å²) >= 11 is 0. The third kappa shape index (κ3) is 12.3. The van der Waals surface area contributed by atoms with Crippen LogP contribution in [0.2, 0.25) is 0 Å². The van der Waals surface area contributed by atoms with Gasteiger partial charge in [-0.25, -0.2) is 14.8 Å². The Morgan fingerprint density at radius 1 is 0.985 bits per heavy atom. The molecule has 0 aromatic carbocycles. The monoisotopic (exact) mass is 927 g/mol. The highest BCUT2D eigenvalue weighted by molar-refractivity contribution is 5.89. The van der Waals surface area contributed by atoms with Crippen molar-refractivity contribution in [2.75, 3.05) is 45.7 Å². The fourth-order valence-electron chi connectivity index (χ4n) is 10.0. The number of methoxy groups -OCH3 is 1. The van der Waals surface area contributed by atoms with E-state index in [0.717, 1.165) is 6.42 Å². The van der Waals surface area contributed by atoms with Gasteiger partial charge in [0.05, 0.1) is 42.0 Å². The molecule has 7 N–H and O–H groups in total. The van der Waals surface area contributed by atoms with Crippen molar-refractivity contribution in [1.29, 1.82) is 0 Å². The summed E-state index contributed by atoms with van der Waals surface area (Å²) in [4.78, 5) is 39.3. The number of carbonyl (C=O) groups is 2. The first-order chi connectivity index (χ1) is 30.3. The molecule has 0 bridgehead atoms. The number of anilines is 1. The number of hydrogen-bond acceptors (Lipinski definition) is 17. The first-order valence-electron chi connectivity index (χ1n) is 23.4. The van der Waals surface area contributed by atoms with Crippen LogP contribution in [-0.2, 0) is 33.2 Å². The van der Waals surface area contributed by atoms with Crippen LogP contribution in [0.4, 0.5) is 10.7 Å². The molecule has 19 nitrogen and oxygen atoms in total. The zero-order valence-corrected chi connectivity index (χ0v) is 41.3. The minimum Gasteiger partial charge on any atom is -0.459 e. The van der Waals surface area contributed by atoms with Crippen molar-refractivity contribution in [1.82, 2.24) is 25.5 Å². The first-order valence-corrected chi connectivity index (χ1v) is 23.4. The molecule has 3 aliphatic heterocycles. The predicted molar refractivity (Wildman–Crippen MR) is 242 cm³/mol. The number of cyclic esters (lactones) is 1. The lowest BCUT2D eigenvalue weighted by atomic mass is 9.75. The van der Waals surface area contributed by atoms with Crippen molar-refractivity contribution >= 4 is 17.9 Å². The van der Waals surface area contributed by atoms with Crippen molar-refractivity contribution in [2.24, 2.45) is 17.8 Å². The number of esters is 1. The van der Waals surface area contributed by atoms with Crippen LogP contribution < -0.4 is 15.5 Å². The summed E-state index contributed by atoms with van der Waals surface area (Å²) in [7, 11) is 4.62. The average molecular weight is 927 g/mol. The fraction of sp³-hybridized carbons (Fsp3) is 0.870. The van der Waals surface area contributed by atoms with E-state index in [1.165, 1.54) is 43.3 Å². The lowest BCUT2D eigenvalue weighted by molar-refractivity contribution is -0.336. The molecule has 374 valence electrons. The van der Waals surface area contributed by atoms with Gasteiger partial charge in [0.25, 0.3) is 0 Å². The topological polar surface area (TPSA) is 247 Å². The van der Waals surface area contributed by atoms with Crippen LogP contribution in [0.3, 0.4) is 0 Å². The molecule has 0 aliphatic carbocycles. The molecule has 18 atom stereocenters. The lowest BCUT2D eigenvalue weighted by Gasteiger charge is -2.53.